The molecule has 72 valence electrons. The number of halogens is 3. The fourth-order valence-electron chi connectivity index (χ4n) is 0.852. The van der Waals surface area contributed by atoms with Gasteiger partial charge >= 0.3 is 0 Å². The average molecular weight is 240 g/mol. The summed E-state index contributed by atoms with van der Waals surface area (Å²) in [5.74, 6) is 0.450. The predicted molar refractivity (Wildman–Crippen MR) is 57.2 cm³/mol. The highest BCUT2D eigenvalue weighted by molar-refractivity contribution is 6.44. The van der Waals surface area contributed by atoms with Gasteiger partial charge in [-0.1, -0.05) is 34.8 Å². The second-order valence-electron chi connectivity index (χ2n) is 2.84. The molecular weight excluding hydrogens is 230 g/mol. The van der Waals surface area contributed by atoms with E-state index in [4.69, 9.17) is 39.5 Å². The highest BCUT2D eigenvalue weighted by atomic mass is 35.5. The monoisotopic (exact) mass is 238 g/mol. The predicted octanol–water partition coefficient (Wildman–Crippen LogP) is 4.43. The largest absolute Gasteiger partial charge is 0.488 e. The average Bonchev–Trinajstić information content (AvgIpc) is 2.05. The summed E-state index contributed by atoms with van der Waals surface area (Å²) in [4.78, 5) is 0. The molecule has 1 aromatic rings. The van der Waals surface area contributed by atoms with E-state index in [-0.39, 0.29) is 6.10 Å². The number of hydrogen-bond acceptors (Lipinski definition) is 1. The van der Waals surface area contributed by atoms with Crippen molar-refractivity contribution >= 4 is 34.8 Å². The van der Waals surface area contributed by atoms with E-state index in [0.29, 0.717) is 20.8 Å². The first-order chi connectivity index (χ1) is 6.02. The highest BCUT2D eigenvalue weighted by Crippen LogP contribution is 2.38. The molecule has 0 heterocycles. The van der Waals surface area contributed by atoms with E-state index in [0.717, 1.165) is 0 Å². The molecule has 0 bridgehead atoms. The molecule has 0 fully saturated rings. The fraction of sp³-hybridized carbons (Fsp3) is 0.333. The van der Waals surface area contributed by atoms with Gasteiger partial charge in [0.25, 0.3) is 0 Å². The van der Waals surface area contributed by atoms with Crippen LogP contribution < -0.4 is 4.74 Å². The van der Waals surface area contributed by atoms with Crippen LogP contribution in [0, 0.1) is 0 Å². The maximum absolute atomic E-state index is 5.90. The van der Waals surface area contributed by atoms with Crippen LogP contribution in [0.2, 0.25) is 15.1 Å². The van der Waals surface area contributed by atoms with Gasteiger partial charge in [-0.25, -0.2) is 0 Å². The molecule has 0 spiro atoms. The van der Waals surface area contributed by atoms with Crippen LogP contribution in [0.1, 0.15) is 13.8 Å². The van der Waals surface area contributed by atoms with Crippen molar-refractivity contribution < 1.29 is 4.74 Å². The molecule has 0 aliphatic heterocycles. The van der Waals surface area contributed by atoms with Crippen LogP contribution in [-0.4, -0.2) is 6.10 Å². The molecule has 1 nitrogen and oxygen atoms in total. The Bertz CT molecular complexity index is 310. The summed E-state index contributed by atoms with van der Waals surface area (Å²) < 4.78 is 5.41. The minimum atomic E-state index is 0.0217. The van der Waals surface area contributed by atoms with Crippen molar-refractivity contribution in [2.45, 2.75) is 20.0 Å². The van der Waals surface area contributed by atoms with Crippen LogP contribution in [0.25, 0.3) is 0 Å². The lowest BCUT2D eigenvalue weighted by Gasteiger charge is -2.13. The quantitative estimate of drug-likeness (QED) is 0.694. The fourth-order valence-corrected chi connectivity index (χ4v) is 1.46. The number of hydrogen-bond donors (Lipinski definition) is 0. The SMILES string of the molecule is CC(C)Oc1c(Cl)ccc(Cl)c1Cl. The number of rotatable bonds is 2. The summed E-state index contributed by atoms with van der Waals surface area (Å²) in [5.41, 5.74) is 0. The first-order valence-corrected chi connectivity index (χ1v) is 4.96. The molecule has 0 unspecified atom stereocenters. The van der Waals surface area contributed by atoms with Crippen LogP contribution in [0.3, 0.4) is 0 Å². The standard InChI is InChI=1S/C9H9Cl3O/c1-5(2)13-9-7(11)4-3-6(10)8(9)12/h3-5H,1-2H3. The molecular formula is C9H9Cl3O. The third kappa shape index (κ3) is 2.67. The van der Waals surface area contributed by atoms with Crippen LogP contribution in [0.4, 0.5) is 0 Å². The molecule has 0 aliphatic rings. The zero-order valence-electron chi connectivity index (χ0n) is 7.27. The minimum Gasteiger partial charge on any atom is -0.488 e. The molecule has 0 amide bonds. The van der Waals surface area contributed by atoms with Crippen molar-refractivity contribution in [1.29, 1.82) is 0 Å². The van der Waals surface area contributed by atoms with Gasteiger partial charge in [0.1, 0.15) is 5.02 Å². The Kier molecular flexibility index (Phi) is 3.72. The first kappa shape index (κ1) is 11.0. The Hall–Kier alpha value is -0.110. The maximum atomic E-state index is 5.90. The number of benzene rings is 1. The summed E-state index contributed by atoms with van der Waals surface area (Å²) in [6, 6.07) is 3.30. The summed E-state index contributed by atoms with van der Waals surface area (Å²) in [5, 5.41) is 1.28. The van der Waals surface area contributed by atoms with Crippen molar-refractivity contribution in [3.05, 3.63) is 27.2 Å². The summed E-state index contributed by atoms with van der Waals surface area (Å²) in [6.45, 7) is 3.79. The van der Waals surface area contributed by atoms with Crippen molar-refractivity contribution in [2.24, 2.45) is 0 Å². The molecule has 1 rings (SSSR count). The van der Waals surface area contributed by atoms with Crippen LogP contribution >= 0.6 is 34.8 Å². The topological polar surface area (TPSA) is 9.23 Å². The van der Waals surface area contributed by atoms with E-state index >= 15 is 0 Å². The molecule has 0 aliphatic carbocycles. The van der Waals surface area contributed by atoms with Crippen molar-refractivity contribution in [3.63, 3.8) is 0 Å². The van der Waals surface area contributed by atoms with Gasteiger partial charge in [0.05, 0.1) is 16.1 Å². The van der Waals surface area contributed by atoms with E-state index in [2.05, 4.69) is 0 Å². The molecule has 0 saturated heterocycles. The lowest BCUT2D eigenvalue weighted by Crippen LogP contribution is -2.06. The zero-order valence-corrected chi connectivity index (χ0v) is 9.54. The first-order valence-electron chi connectivity index (χ1n) is 3.82. The van der Waals surface area contributed by atoms with Crippen molar-refractivity contribution in [1.82, 2.24) is 0 Å². The second kappa shape index (κ2) is 4.41. The van der Waals surface area contributed by atoms with E-state index in [1.807, 2.05) is 13.8 Å². The van der Waals surface area contributed by atoms with E-state index < -0.39 is 0 Å². The Balaban J connectivity index is 3.10. The van der Waals surface area contributed by atoms with Gasteiger partial charge in [-0.05, 0) is 26.0 Å². The summed E-state index contributed by atoms with van der Waals surface area (Å²) in [7, 11) is 0. The van der Waals surface area contributed by atoms with Gasteiger partial charge in [0.15, 0.2) is 5.75 Å². The van der Waals surface area contributed by atoms with Crippen LogP contribution in [-0.2, 0) is 0 Å². The van der Waals surface area contributed by atoms with Crippen LogP contribution in [0.5, 0.6) is 5.75 Å². The third-order valence-corrected chi connectivity index (χ3v) is 2.44. The summed E-state index contributed by atoms with van der Waals surface area (Å²) in [6.07, 6.45) is 0.0217. The van der Waals surface area contributed by atoms with Crippen LogP contribution in [0.15, 0.2) is 12.1 Å². The molecule has 13 heavy (non-hydrogen) atoms. The Morgan fingerprint density at radius 3 is 2.15 bits per heavy atom. The smallest absolute Gasteiger partial charge is 0.158 e. The molecule has 4 heteroatoms. The lowest BCUT2D eigenvalue weighted by molar-refractivity contribution is 0.243. The Morgan fingerprint density at radius 2 is 1.62 bits per heavy atom. The van der Waals surface area contributed by atoms with E-state index in [9.17, 15) is 0 Å². The molecule has 0 N–H and O–H groups in total. The Labute approximate surface area is 92.5 Å². The second-order valence-corrected chi connectivity index (χ2v) is 4.03. The van der Waals surface area contributed by atoms with Gasteiger partial charge in [0.2, 0.25) is 0 Å². The normalized spacial score (nSPS) is 10.6. The summed E-state index contributed by atoms with van der Waals surface area (Å²) >= 11 is 17.6. The van der Waals surface area contributed by atoms with Gasteiger partial charge in [-0.2, -0.15) is 0 Å². The Morgan fingerprint density at radius 1 is 1.08 bits per heavy atom. The van der Waals surface area contributed by atoms with Gasteiger partial charge in [-0.15, -0.1) is 0 Å². The minimum absolute atomic E-state index is 0.0217. The lowest BCUT2D eigenvalue weighted by atomic mass is 10.3. The molecule has 0 radical (unpaired) electrons. The third-order valence-electron chi connectivity index (χ3n) is 1.36. The maximum Gasteiger partial charge on any atom is 0.158 e. The molecule has 0 saturated carbocycles. The molecule has 0 aromatic heterocycles. The van der Waals surface area contributed by atoms with Crippen molar-refractivity contribution in [3.8, 4) is 5.75 Å². The number of ether oxygens (including phenoxy) is 1. The zero-order chi connectivity index (χ0) is 10.0. The van der Waals surface area contributed by atoms with Gasteiger partial charge in [0, 0.05) is 0 Å². The van der Waals surface area contributed by atoms with E-state index in [1.165, 1.54) is 0 Å². The van der Waals surface area contributed by atoms with Gasteiger partial charge in [-0.3, -0.25) is 0 Å². The highest BCUT2D eigenvalue weighted by Gasteiger charge is 2.11. The van der Waals surface area contributed by atoms with E-state index in [1.54, 1.807) is 12.1 Å². The molecule has 0 atom stereocenters. The molecule has 1 aromatic carbocycles. The van der Waals surface area contributed by atoms with Gasteiger partial charge < -0.3 is 4.74 Å². The van der Waals surface area contributed by atoms with Crippen molar-refractivity contribution in [2.75, 3.05) is 0 Å².